The first-order chi connectivity index (χ1) is 13.4. The van der Waals surface area contributed by atoms with Crippen molar-refractivity contribution >= 4 is 21.6 Å². The highest BCUT2D eigenvalue weighted by Gasteiger charge is 2.19. The Labute approximate surface area is 167 Å². The molecule has 0 atom stereocenters. The van der Waals surface area contributed by atoms with Crippen molar-refractivity contribution in [3.05, 3.63) is 96.5 Å². The Morgan fingerprint density at radius 3 is 2.29 bits per heavy atom. The van der Waals surface area contributed by atoms with Crippen LogP contribution in [0.4, 0.5) is 0 Å². The molecular formula is C23H22N2O2S. The van der Waals surface area contributed by atoms with Crippen LogP contribution in [-0.4, -0.2) is 9.13 Å². The minimum atomic E-state index is -0.300. The number of aromatic nitrogens is 2. The smallest absolute Gasteiger partial charge is 0.280 e. The van der Waals surface area contributed by atoms with Crippen LogP contribution in [0.15, 0.2) is 58.1 Å². The number of nitrogens with zero attached hydrogens (tertiary/aromatic N) is 2. The molecule has 0 fully saturated rings. The number of hydrogen-bond acceptors (Lipinski definition) is 3. The van der Waals surface area contributed by atoms with E-state index < -0.39 is 0 Å². The number of benzene rings is 2. The van der Waals surface area contributed by atoms with Crippen molar-refractivity contribution in [2.45, 2.75) is 34.2 Å². The Balaban J connectivity index is 2.08. The number of aryl methyl sites for hydroxylation is 4. The molecule has 2 heterocycles. The summed E-state index contributed by atoms with van der Waals surface area (Å²) in [5.41, 5.74) is 4.23. The molecule has 0 N–H and O–H groups in total. The van der Waals surface area contributed by atoms with Gasteiger partial charge < -0.3 is 0 Å². The molecule has 0 saturated heterocycles. The quantitative estimate of drug-likeness (QED) is 0.517. The molecular weight excluding hydrogens is 368 g/mol. The number of rotatable bonds is 3. The van der Waals surface area contributed by atoms with Gasteiger partial charge in [-0.05, 0) is 62.1 Å². The molecule has 4 aromatic rings. The third-order valence-electron chi connectivity index (χ3n) is 5.38. The van der Waals surface area contributed by atoms with Crippen molar-refractivity contribution < 1.29 is 0 Å². The van der Waals surface area contributed by atoms with E-state index in [0.717, 1.165) is 32.0 Å². The van der Waals surface area contributed by atoms with E-state index in [1.807, 2.05) is 76.2 Å². The normalized spacial score (nSPS) is 11.3. The van der Waals surface area contributed by atoms with Crippen molar-refractivity contribution in [1.29, 1.82) is 0 Å². The van der Waals surface area contributed by atoms with E-state index in [4.69, 9.17) is 0 Å². The molecule has 0 spiro atoms. The van der Waals surface area contributed by atoms with Crippen LogP contribution < -0.4 is 11.2 Å². The van der Waals surface area contributed by atoms with E-state index in [1.54, 1.807) is 4.57 Å². The first kappa shape index (κ1) is 18.4. The van der Waals surface area contributed by atoms with E-state index >= 15 is 0 Å². The van der Waals surface area contributed by atoms with Gasteiger partial charge in [0.05, 0.1) is 17.6 Å². The lowest BCUT2D eigenvalue weighted by Crippen LogP contribution is -2.39. The minimum absolute atomic E-state index is 0.241. The van der Waals surface area contributed by atoms with Gasteiger partial charge in [-0.2, -0.15) is 0 Å². The summed E-state index contributed by atoms with van der Waals surface area (Å²) >= 11 is 1.51. The van der Waals surface area contributed by atoms with Gasteiger partial charge in [0.25, 0.3) is 5.56 Å². The fourth-order valence-corrected chi connectivity index (χ4v) is 4.60. The number of hydrogen-bond donors (Lipinski definition) is 0. The maximum Gasteiger partial charge on any atom is 0.337 e. The van der Waals surface area contributed by atoms with Gasteiger partial charge in [0.15, 0.2) is 0 Å². The Morgan fingerprint density at radius 2 is 1.61 bits per heavy atom. The van der Waals surface area contributed by atoms with Crippen LogP contribution in [0.1, 0.15) is 27.1 Å². The summed E-state index contributed by atoms with van der Waals surface area (Å²) in [7, 11) is 0. The average molecular weight is 391 g/mol. The summed E-state index contributed by atoms with van der Waals surface area (Å²) in [5.74, 6) is 0. The first-order valence-corrected chi connectivity index (χ1v) is 10.1. The van der Waals surface area contributed by atoms with Gasteiger partial charge in [-0.3, -0.25) is 9.36 Å². The predicted molar refractivity (Wildman–Crippen MR) is 116 cm³/mol. The molecule has 4 nitrogen and oxygen atoms in total. The molecule has 142 valence electrons. The highest BCUT2D eigenvalue weighted by molar-refractivity contribution is 7.18. The molecule has 28 heavy (non-hydrogen) atoms. The predicted octanol–water partition coefficient (Wildman–Crippen LogP) is 4.50. The maximum atomic E-state index is 13.5. The van der Waals surface area contributed by atoms with Crippen LogP contribution >= 0.6 is 11.3 Å². The van der Waals surface area contributed by atoms with Crippen molar-refractivity contribution in [2.24, 2.45) is 0 Å². The minimum Gasteiger partial charge on any atom is -0.280 e. The lowest BCUT2D eigenvalue weighted by molar-refractivity contribution is 0.719. The van der Waals surface area contributed by atoms with Crippen LogP contribution in [-0.2, 0) is 6.54 Å². The van der Waals surface area contributed by atoms with Crippen molar-refractivity contribution in [3.8, 4) is 5.69 Å². The molecule has 0 aliphatic rings. The van der Waals surface area contributed by atoms with Gasteiger partial charge in [0, 0.05) is 4.88 Å². The van der Waals surface area contributed by atoms with Crippen molar-refractivity contribution in [3.63, 3.8) is 0 Å². The second-order valence-corrected chi connectivity index (χ2v) is 8.43. The standard InChI is InChI=1S/C23H22N2O2S/c1-14-10-11-19(12-15(14)2)25-21(26)20-16(3)17(4)28-22(20)24(23(25)27)13-18-8-6-5-7-9-18/h5-12H,13H2,1-4H3. The average Bonchev–Trinajstić information content (AvgIpc) is 2.97. The second-order valence-electron chi connectivity index (χ2n) is 7.23. The SMILES string of the molecule is Cc1ccc(-n2c(=O)c3c(C)c(C)sc3n(Cc3ccccc3)c2=O)cc1C. The fraction of sp³-hybridized carbons (Fsp3) is 0.217. The van der Waals surface area contributed by atoms with E-state index in [1.165, 1.54) is 15.9 Å². The van der Waals surface area contributed by atoms with Crippen LogP contribution in [0.25, 0.3) is 15.9 Å². The zero-order chi connectivity index (χ0) is 20.0. The van der Waals surface area contributed by atoms with Gasteiger partial charge in [-0.15, -0.1) is 11.3 Å². The third-order valence-corrected chi connectivity index (χ3v) is 6.61. The monoisotopic (exact) mass is 390 g/mol. The Morgan fingerprint density at radius 1 is 0.893 bits per heavy atom. The number of fused-ring (bicyclic) bond motifs is 1. The summed E-state index contributed by atoms with van der Waals surface area (Å²) < 4.78 is 3.04. The topological polar surface area (TPSA) is 44.0 Å². The van der Waals surface area contributed by atoms with Gasteiger partial charge in [0.2, 0.25) is 0 Å². The van der Waals surface area contributed by atoms with Gasteiger partial charge in [-0.1, -0.05) is 36.4 Å². The summed E-state index contributed by atoms with van der Waals surface area (Å²) in [6.07, 6.45) is 0. The lowest BCUT2D eigenvalue weighted by atomic mass is 10.1. The van der Waals surface area contributed by atoms with Gasteiger partial charge in [0.1, 0.15) is 4.83 Å². The second kappa shape index (κ2) is 6.91. The highest BCUT2D eigenvalue weighted by atomic mass is 32.1. The maximum absolute atomic E-state index is 13.5. The van der Waals surface area contributed by atoms with Gasteiger partial charge in [-0.25, -0.2) is 9.36 Å². The van der Waals surface area contributed by atoms with E-state index in [-0.39, 0.29) is 11.2 Å². The van der Waals surface area contributed by atoms with E-state index in [2.05, 4.69) is 0 Å². The van der Waals surface area contributed by atoms with E-state index in [0.29, 0.717) is 17.6 Å². The van der Waals surface area contributed by atoms with Gasteiger partial charge >= 0.3 is 5.69 Å². The Kier molecular flexibility index (Phi) is 4.55. The van der Waals surface area contributed by atoms with Crippen LogP contribution in [0.3, 0.4) is 0 Å². The zero-order valence-electron chi connectivity index (χ0n) is 16.4. The zero-order valence-corrected chi connectivity index (χ0v) is 17.3. The largest absolute Gasteiger partial charge is 0.337 e. The molecule has 0 bridgehead atoms. The molecule has 0 saturated carbocycles. The summed E-state index contributed by atoms with van der Waals surface area (Å²) in [4.78, 5) is 28.6. The number of thiophene rings is 1. The summed E-state index contributed by atoms with van der Waals surface area (Å²) in [6, 6.07) is 15.6. The third kappa shape index (κ3) is 2.92. The molecule has 0 radical (unpaired) electrons. The molecule has 0 aliphatic carbocycles. The van der Waals surface area contributed by atoms with Crippen molar-refractivity contribution in [1.82, 2.24) is 9.13 Å². The summed E-state index contributed by atoms with van der Waals surface area (Å²) in [5, 5.41) is 0.635. The van der Waals surface area contributed by atoms with Crippen LogP contribution in [0.5, 0.6) is 0 Å². The Hall–Kier alpha value is -2.92. The van der Waals surface area contributed by atoms with Crippen molar-refractivity contribution in [2.75, 3.05) is 0 Å². The highest BCUT2D eigenvalue weighted by Crippen LogP contribution is 2.27. The molecule has 0 unspecified atom stereocenters. The van der Waals surface area contributed by atoms with E-state index in [9.17, 15) is 9.59 Å². The first-order valence-electron chi connectivity index (χ1n) is 9.25. The Bertz CT molecular complexity index is 1310. The molecule has 5 heteroatoms. The summed E-state index contributed by atoms with van der Waals surface area (Å²) in [6.45, 7) is 8.39. The molecule has 0 amide bonds. The molecule has 4 rings (SSSR count). The molecule has 2 aromatic carbocycles. The lowest BCUT2D eigenvalue weighted by Gasteiger charge is -2.13. The van der Waals surface area contributed by atoms with Crippen LogP contribution in [0, 0.1) is 27.7 Å². The molecule has 0 aliphatic heterocycles. The molecule has 2 aromatic heterocycles. The fourth-order valence-electron chi connectivity index (χ4n) is 3.46. The van der Waals surface area contributed by atoms with Crippen LogP contribution in [0.2, 0.25) is 0 Å².